The van der Waals surface area contributed by atoms with Gasteiger partial charge in [0.1, 0.15) is 0 Å². The van der Waals surface area contributed by atoms with Gasteiger partial charge in [-0.3, -0.25) is 0 Å². The molecule has 6 heteroatoms. The molecule has 3 nitrogen and oxygen atoms in total. The summed E-state index contributed by atoms with van der Waals surface area (Å²) < 4.78 is 2.58. The smallest absolute Gasteiger partial charge is 0.0633 e. The number of thiophene rings is 1. The zero-order chi connectivity index (χ0) is 39.8. The van der Waals surface area contributed by atoms with Crippen LogP contribution in [0.5, 0.6) is 0 Å². The highest BCUT2D eigenvalue weighted by atomic mass is 32.2. The maximum atomic E-state index is 2.42. The first kappa shape index (κ1) is 36.4. The summed E-state index contributed by atoms with van der Waals surface area (Å²) in [4.78, 5) is 12.1. The fourth-order valence-corrected chi connectivity index (χ4v) is 11.7. The van der Waals surface area contributed by atoms with E-state index in [1.165, 1.54) is 39.8 Å². The molecule has 10 aromatic rings. The third-order valence-corrected chi connectivity index (χ3v) is 14.5. The highest BCUT2D eigenvalue weighted by Crippen LogP contribution is 2.57. The molecule has 286 valence electrons. The van der Waals surface area contributed by atoms with Crippen LogP contribution in [0.3, 0.4) is 0 Å². The zero-order valence-corrected chi connectivity index (χ0v) is 34.9. The minimum absolute atomic E-state index is 1.10. The van der Waals surface area contributed by atoms with E-state index < -0.39 is 0 Å². The minimum atomic E-state index is 1.10. The summed E-state index contributed by atoms with van der Waals surface area (Å²) in [5.41, 5.74) is 10.0. The Kier molecular flexibility index (Phi) is 9.59. The van der Waals surface area contributed by atoms with Gasteiger partial charge in [0.05, 0.1) is 10.6 Å². The van der Waals surface area contributed by atoms with Crippen LogP contribution < -0.4 is 14.7 Å². The highest BCUT2D eigenvalue weighted by Gasteiger charge is 2.28. The Labute approximate surface area is 362 Å². The van der Waals surface area contributed by atoms with E-state index >= 15 is 0 Å². The fraction of sp³-hybridized carbons (Fsp3) is 0. The Bertz CT molecular complexity index is 3020. The van der Waals surface area contributed by atoms with Crippen molar-refractivity contribution >= 4 is 106 Å². The van der Waals surface area contributed by atoms with Crippen molar-refractivity contribution in [3.05, 3.63) is 224 Å². The third kappa shape index (κ3) is 6.79. The van der Waals surface area contributed by atoms with Gasteiger partial charge in [-0.15, -0.1) is 11.3 Å². The molecule has 0 aliphatic carbocycles. The van der Waals surface area contributed by atoms with E-state index in [0.717, 1.165) is 51.2 Å². The van der Waals surface area contributed by atoms with Crippen molar-refractivity contribution in [2.45, 2.75) is 19.6 Å². The molecule has 1 aliphatic heterocycles. The van der Waals surface area contributed by atoms with Crippen molar-refractivity contribution in [1.29, 1.82) is 0 Å². The van der Waals surface area contributed by atoms with Crippen LogP contribution in [0.1, 0.15) is 0 Å². The van der Waals surface area contributed by atoms with E-state index in [4.69, 9.17) is 0 Å². The van der Waals surface area contributed by atoms with E-state index in [2.05, 4.69) is 239 Å². The van der Waals surface area contributed by atoms with Crippen molar-refractivity contribution in [3.63, 3.8) is 0 Å². The number of fused-ring (bicyclic) bond motifs is 5. The summed E-state index contributed by atoms with van der Waals surface area (Å²) >= 11 is 5.57. The molecule has 0 bridgehead atoms. The van der Waals surface area contributed by atoms with E-state index in [9.17, 15) is 0 Å². The molecule has 0 N–H and O–H groups in total. The Morgan fingerprint density at radius 2 is 0.717 bits per heavy atom. The SMILES string of the molecule is c1ccc(N(c2ccccc2)c2ccc3c(c2)Sc2c(cc(N(c4ccccc4)c4ccc5c(c4)sc4ccccc45)cc2N(c2ccccc2)c2ccccc2)S3)cc1. The van der Waals surface area contributed by atoms with E-state index in [1.54, 1.807) is 0 Å². The van der Waals surface area contributed by atoms with Crippen LogP contribution in [0.2, 0.25) is 0 Å². The highest BCUT2D eigenvalue weighted by molar-refractivity contribution is 8.05. The second-order valence-corrected chi connectivity index (χ2v) is 17.8. The van der Waals surface area contributed by atoms with Crippen LogP contribution in [0.25, 0.3) is 20.2 Å². The van der Waals surface area contributed by atoms with Crippen molar-refractivity contribution < 1.29 is 0 Å². The van der Waals surface area contributed by atoms with Gasteiger partial charge in [-0.1, -0.05) is 139 Å². The Balaban J connectivity index is 1.11. The predicted molar refractivity (Wildman–Crippen MR) is 258 cm³/mol. The van der Waals surface area contributed by atoms with Gasteiger partial charge in [-0.05, 0) is 109 Å². The second kappa shape index (κ2) is 15.8. The lowest BCUT2D eigenvalue weighted by Crippen LogP contribution is -2.15. The van der Waals surface area contributed by atoms with Crippen molar-refractivity contribution in [2.24, 2.45) is 0 Å². The van der Waals surface area contributed by atoms with Crippen molar-refractivity contribution in [3.8, 4) is 0 Å². The number of hydrogen-bond donors (Lipinski definition) is 0. The summed E-state index contributed by atoms with van der Waals surface area (Å²) in [6.07, 6.45) is 0. The number of benzene rings is 9. The van der Waals surface area contributed by atoms with E-state index in [1.807, 2.05) is 34.9 Å². The lowest BCUT2D eigenvalue weighted by molar-refractivity contribution is 1.11. The van der Waals surface area contributed by atoms with Gasteiger partial charge in [-0.2, -0.15) is 0 Å². The number of anilines is 9. The summed E-state index contributed by atoms with van der Waals surface area (Å²) in [5.74, 6) is 0. The molecule has 11 rings (SSSR count). The summed E-state index contributed by atoms with van der Waals surface area (Å²) in [5, 5.41) is 2.59. The molecule has 0 spiro atoms. The molecule has 1 aromatic heterocycles. The van der Waals surface area contributed by atoms with Gasteiger partial charge < -0.3 is 14.7 Å². The van der Waals surface area contributed by atoms with E-state index in [0.29, 0.717) is 0 Å². The topological polar surface area (TPSA) is 9.72 Å². The summed E-state index contributed by atoms with van der Waals surface area (Å²) in [6.45, 7) is 0. The molecule has 2 heterocycles. The molecule has 0 unspecified atom stereocenters. The lowest BCUT2D eigenvalue weighted by atomic mass is 10.1. The number of rotatable bonds is 9. The van der Waals surface area contributed by atoms with Gasteiger partial charge >= 0.3 is 0 Å². The molecule has 1 aliphatic rings. The van der Waals surface area contributed by atoms with Crippen molar-refractivity contribution in [1.82, 2.24) is 0 Å². The van der Waals surface area contributed by atoms with Crippen LogP contribution in [-0.2, 0) is 0 Å². The average molecular weight is 824 g/mol. The second-order valence-electron chi connectivity index (χ2n) is 14.6. The van der Waals surface area contributed by atoms with Gasteiger partial charge in [0, 0.05) is 80.4 Å². The van der Waals surface area contributed by atoms with E-state index in [-0.39, 0.29) is 0 Å². The predicted octanol–water partition coefficient (Wildman–Crippen LogP) is 17.1. The monoisotopic (exact) mass is 823 g/mol. The summed E-state index contributed by atoms with van der Waals surface area (Å²) in [7, 11) is 0. The largest absolute Gasteiger partial charge is 0.310 e. The Morgan fingerprint density at radius 1 is 0.267 bits per heavy atom. The fourth-order valence-electron chi connectivity index (χ4n) is 8.14. The van der Waals surface area contributed by atoms with Crippen LogP contribution in [0.4, 0.5) is 51.2 Å². The first-order valence-corrected chi connectivity index (χ1v) is 22.4. The molecule has 9 aromatic carbocycles. The zero-order valence-electron chi connectivity index (χ0n) is 32.4. The quantitative estimate of drug-likeness (QED) is 0.143. The summed E-state index contributed by atoms with van der Waals surface area (Å²) in [6, 6.07) is 81.0. The first-order valence-electron chi connectivity index (χ1n) is 20.0. The molecular weight excluding hydrogens is 787 g/mol. The molecule has 60 heavy (non-hydrogen) atoms. The first-order chi connectivity index (χ1) is 29.7. The van der Waals surface area contributed by atoms with Crippen LogP contribution >= 0.6 is 34.9 Å². The lowest BCUT2D eigenvalue weighted by Gasteiger charge is -2.33. The molecule has 0 radical (unpaired) electrons. The molecule has 0 saturated carbocycles. The maximum absolute atomic E-state index is 2.42. The van der Waals surface area contributed by atoms with Gasteiger partial charge in [0.2, 0.25) is 0 Å². The Morgan fingerprint density at radius 3 is 1.30 bits per heavy atom. The Hall–Kier alpha value is -6.70. The van der Waals surface area contributed by atoms with Crippen LogP contribution in [0, 0.1) is 0 Å². The normalized spacial score (nSPS) is 11.9. The van der Waals surface area contributed by atoms with Gasteiger partial charge in [0.15, 0.2) is 0 Å². The minimum Gasteiger partial charge on any atom is -0.310 e. The molecular formula is C54H37N3S3. The number of para-hydroxylation sites is 5. The van der Waals surface area contributed by atoms with Gasteiger partial charge in [-0.25, -0.2) is 0 Å². The number of hydrogen-bond acceptors (Lipinski definition) is 6. The van der Waals surface area contributed by atoms with Gasteiger partial charge in [0.25, 0.3) is 0 Å². The van der Waals surface area contributed by atoms with Crippen LogP contribution in [0.15, 0.2) is 244 Å². The molecule has 0 saturated heterocycles. The standard InChI is InChI=1S/C54H37N3S3/c1-6-18-38(19-7-1)55(39-20-8-2-9-21-39)44-31-33-50-52(36-44)60-54-48(57(41-24-12-4-13-25-41)42-26-14-5-15-27-42)34-45(37-53(54)59-50)56(40-22-10-3-11-23-40)43-30-32-47-46-28-16-17-29-49(46)58-51(47)35-43/h1-37H. The third-order valence-electron chi connectivity index (χ3n) is 10.8. The number of nitrogens with zero attached hydrogens (tertiary/aromatic N) is 3. The van der Waals surface area contributed by atoms with Crippen LogP contribution in [-0.4, -0.2) is 0 Å². The average Bonchev–Trinajstić information content (AvgIpc) is 3.69. The maximum Gasteiger partial charge on any atom is 0.0633 e. The molecule has 0 fully saturated rings. The van der Waals surface area contributed by atoms with Crippen molar-refractivity contribution in [2.75, 3.05) is 14.7 Å². The molecule has 0 atom stereocenters. The molecule has 0 amide bonds.